The van der Waals surface area contributed by atoms with E-state index in [1.54, 1.807) is 0 Å². The lowest BCUT2D eigenvalue weighted by Crippen LogP contribution is -2.40. The van der Waals surface area contributed by atoms with Crippen molar-refractivity contribution in [2.75, 3.05) is 14.7 Å². The summed E-state index contributed by atoms with van der Waals surface area (Å²) < 4.78 is 0. The molecule has 3 aliphatic heterocycles. The van der Waals surface area contributed by atoms with Gasteiger partial charge in [-0.05, 0) is 246 Å². The van der Waals surface area contributed by atoms with Crippen LogP contribution in [0.2, 0.25) is 0 Å². The third-order valence-electron chi connectivity index (χ3n) is 26.9. The molecule has 19 rings (SSSR count). The molecule has 0 atom stereocenters. The van der Waals surface area contributed by atoms with Crippen molar-refractivity contribution in [3.63, 3.8) is 0 Å². The minimum atomic E-state index is -0.395. The van der Waals surface area contributed by atoms with Gasteiger partial charge in [-0.15, -0.1) is 0 Å². The Labute approximate surface area is 667 Å². The summed E-state index contributed by atoms with van der Waals surface area (Å²) in [6.07, 6.45) is 18.3. The molecule has 0 saturated heterocycles. The molecule has 0 aromatic heterocycles. The summed E-state index contributed by atoms with van der Waals surface area (Å²) in [4.78, 5) is 98.0. The summed E-state index contributed by atoms with van der Waals surface area (Å²) in [7, 11) is 0. The van der Waals surface area contributed by atoms with Gasteiger partial charge < -0.3 is 0 Å². The average Bonchev–Trinajstić information content (AvgIpc) is 1.41. The Morgan fingerprint density at radius 2 is 0.421 bits per heavy atom. The van der Waals surface area contributed by atoms with Gasteiger partial charge in [-0.1, -0.05) is 264 Å². The molecule has 13 aromatic carbocycles. The standard InChI is InChI=1S/C105H93N3O6/c1-7-13-52-103(53-14-8-2)88-37-22-19-28-73(88)76-43-40-67(61-91(76)103)106-97(109)82-34-25-31-79-70(46-49-85(94(79)82)100(106)112)64-58-65(71-47-50-86-95-80(71)32-26-35-83(95)98(110)107(101(86)113)68-41-44-77-74-29-20-23-38-89(74)104(54-15-9-3,55-16-10-4)92(77)62-68)60-66(59-64)72-48-51-87-96-81(72)33-27-36-84(96)99(111)108(102(87)114)69-42-45-78-75-30-21-24-39-90(75)105(56-17-11-5,57-18-12-6)93(78)63-69/h19-51,58-63H,7-18,52-57H2,1-6H3. The first-order valence-corrected chi connectivity index (χ1v) is 42.0. The molecule has 0 spiro atoms. The second-order valence-electron chi connectivity index (χ2n) is 33.0. The zero-order valence-electron chi connectivity index (χ0n) is 66.0. The van der Waals surface area contributed by atoms with Crippen LogP contribution in [0.4, 0.5) is 17.1 Å². The Kier molecular flexibility index (Phi) is 18.0. The van der Waals surface area contributed by atoms with E-state index in [1.807, 2.05) is 109 Å². The second kappa shape index (κ2) is 28.3. The highest BCUT2D eigenvalue weighted by molar-refractivity contribution is 6.39. The molecule has 9 heteroatoms. The largest absolute Gasteiger partial charge is 0.268 e. The number of hydrogen-bond donors (Lipinski definition) is 0. The monoisotopic (exact) mass is 1490 g/mol. The first kappa shape index (κ1) is 72.3. The molecule has 0 radical (unpaired) electrons. The maximum atomic E-state index is 15.6. The van der Waals surface area contributed by atoms with Crippen LogP contribution in [0.3, 0.4) is 0 Å². The van der Waals surface area contributed by atoms with Crippen molar-refractivity contribution < 1.29 is 28.8 Å². The lowest BCUT2D eigenvalue weighted by atomic mass is 9.71. The average molecular weight is 1490 g/mol. The van der Waals surface area contributed by atoms with Gasteiger partial charge in [0.1, 0.15) is 0 Å². The number of amides is 6. The van der Waals surface area contributed by atoms with E-state index in [4.69, 9.17) is 0 Å². The van der Waals surface area contributed by atoms with E-state index in [2.05, 4.69) is 169 Å². The fraction of sp³-hybridized carbons (Fsp3) is 0.257. The van der Waals surface area contributed by atoms with Gasteiger partial charge in [0.2, 0.25) is 0 Å². The van der Waals surface area contributed by atoms with Crippen LogP contribution in [0.15, 0.2) is 237 Å². The van der Waals surface area contributed by atoms with Crippen molar-refractivity contribution in [1.82, 2.24) is 0 Å². The third-order valence-corrected chi connectivity index (χ3v) is 26.9. The van der Waals surface area contributed by atoms with Crippen LogP contribution in [0.25, 0.3) is 99.1 Å². The summed E-state index contributed by atoms with van der Waals surface area (Å²) in [5.41, 5.74) is 22.6. The zero-order chi connectivity index (χ0) is 78.1. The summed E-state index contributed by atoms with van der Waals surface area (Å²) >= 11 is 0. The topological polar surface area (TPSA) is 112 Å². The number of rotatable bonds is 24. The summed E-state index contributed by atoms with van der Waals surface area (Å²) in [5, 5.41) is 3.83. The Morgan fingerprint density at radius 1 is 0.211 bits per heavy atom. The van der Waals surface area contributed by atoms with Gasteiger partial charge >= 0.3 is 0 Å². The van der Waals surface area contributed by atoms with E-state index in [9.17, 15) is 0 Å². The Morgan fingerprint density at radius 3 is 0.675 bits per heavy atom. The molecule has 0 unspecified atom stereocenters. The molecule has 0 fully saturated rings. The number of benzene rings is 13. The van der Waals surface area contributed by atoms with Crippen molar-refractivity contribution in [2.24, 2.45) is 0 Å². The molecule has 114 heavy (non-hydrogen) atoms. The highest BCUT2D eigenvalue weighted by atomic mass is 16.2. The Hall–Kier alpha value is -11.9. The molecule has 0 bridgehead atoms. The number of nitrogens with zero attached hydrogens (tertiary/aromatic N) is 3. The van der Waals surface area contributed by atoms with Crippen LogP contribution >= 0.6 is 0 Å². The van der Waals surface area contributed by atoms with Crippen molar-refractivity contribution >= 4 is 84.8 Å². The first-order valence-electron chi connectivity index (χ1n) is 42.0. The van der Waals surface area contributed by atoms with Gasteiger partial charge in [0.05, 0.1) is 17.1 Å². The Balaban J connectivity index is 0.747. The van der Waals surface area contributed by atoms with E-state index in [0.29, 0.717) is 82.8 Å². The predicted octanol–water partition coefficient (Wildman–Crippen LogP) is 26.5. The van der Waals surface area contributed by atoms with E-state index < -0.39 is 35.4 Å². The summed E-state index contributed by atoms with van der Waals surface area (Å²) in [6, 6.07) is 80.0. The van der Waals surface area contributed by atoms with Gasteiger partial charge in [0.15, 0.2) is 0 Å². The molecule has 9 nitrogen and oxygen atoms in total. The van der Waals surface area contributed by atoms with Crippen LogP contribution < -0.4 is 14.7 Å². The Bertz CT molecular complexity index is 5590. The van der Waals surface area contributed by atoms with Gasteiger partial charge in [-0.25, -0.2) is 14.7 Å². The van der Waals surface area contributed by atoms with Crippen molar-refractivity contribution in [3.8, 4) is 66.8 Å². The molecule has 6 amide bonds. The van der Waals surface area contributed by atoms with Crippen molar-refractivity contribution in [2.45, 2.75) is 173 Å². The zero-order valence-corrected chi connectivity index (χ0v) is 66.0. The molecular formula is C105H93N3O6. The van der Waals surface area contributed by atoms with Crippen molar-refractivity contribution in [3.05, 3.63) is 303 Å². The molecule has 3 aliphatic carbocycles. The van der Waals surface area contributed by atoms with Crippen LogP contribution in [-0.4, -0.2) is 35.4 Å². The molecule has 6 aliphatic rings. The minimum absolute atomic E-state index is 0.263. The quantitative estimate of drug-likeness (QED) is 0.0557. The van der Waals surface area contributed by atoms with Crippen LogP contribution in [0.1, 0.15) is 253 Å². The highest BCUT2D eigenvalue weighted by Gasteiger charge is 2.48. The predicted molar refractivity (Wildman–Crippen MR) is 464 cm³/mol. The number of imide groups is 3. The number of hydrogen-bond acceptors (Lipinski definition) is 6. The van der Waals surface area contributed by atoms with Crippen molar-refractivity contribution in [1.29, 1.82) is 0 Å². The van der Waals surface area contributed by atoms with E-state index in [0.717, 1.165) is 166 Å². The lowest BCUT2D eigenvalue weighted by molar-refractivity contribution is 0.0877. The summed E-state index contributed by atoms with van der Waals surface area (Å²) in [5.74, 6) is -2.37. The van der Waals surface area contributed by atoms with E-state index in [1.165, 1.54) is 64.8 Å². The molecule has 564 valence electrons. The molecule has 0 N–H and O–H groups in total. The number of fused-ring (bicyclic) bond motifs is 9. The molecule has 0 saturated carbocycles. The normalized spacial score (nSPS) is 15.5. The third kappa shape index (κ3) is 10.7. The first-order chi connectivity index (χ1) is 55.8. The maximum absolute atomic E-state index is 15.6. The van der Waals surface area contributed by atoms with Gasteiger partial charge in [0, 0.05) is 65.8 Å². The van der Waals surface area contributed by atoms with Crippen LogP contribution in [0, 0.1) is 0 Å². The smallest absolute Gasteiger partial charge is 0.265 e. The number of anilines is 3. The number of unbranched alkanes of at least 4 members (excludes halogenated alkanes) is 6. The SMILES string of the molecule is CCCCC1(CCCC)c2ccccc2-c2ccc(N3C(=O)c4cccc5c(-c6cc(-c7ccc8c9c(cccc79)C(=O)N(c7ccc9c(c7)C(CCCC)(CCCC)c7ccccc7-9)C8=O)cc(-c7ccc8c9c(cccc79)C(=O)N(c7ccc9c(c7)C(CCCC)(CCCC)c7ccccc7-9)C8=O)c6)ccc(c45)C3=O)cc21. The number of carbonyl (C=O) groups excluding carboxylic acids is 6. The fourth-order valence-electron chi connectivity index (χ4n) is 21.5. The lowest BCUT2D eigenvalue weighted by Gasteiger charge is -2.34. The molecule has 13 aromatic rings. The van der Waals surface area contributed by atoms with Gasteiger partial charge in [-0.3, -0.25) is 28.8 Å². The second-order valence-corrected chi connectivity index (χ2v) is 33.0. The van der Waals surface area contributed by atoms with Gasteiger partial charge in [0.25, 0.3) is 35.4 Å². The molecule has 3 heterocycles. The fourth-order valence-corrected chi connectivity index (χ4v) is 21.5. The van der Waals surface area contributed by atoms with Gasteiger partial charge in [-0.2, -0.15) is 0 Å². The maximum Gasteiger partial charge on any atom is 0.265 e. The van der Waals surface area contributed by atoms with E-state index in [-0.39, 0.29) is 16.2 Å². The number of carbonyl (C=O) groups is 6. The minimum Gasteiger partial charge on any atom is -0.268 e. The highest BCUT2D eigenvalue weighted by Crippen LogP contribution is 2.60. The van der Waals surface area contributed by atoms with E-state index >= 15 is 28.8 Å². The molecular weight excluding hydrogens is 1400 g/mol. The summed E-state index contributed by atoms with van der Waals surface area (Å²) in [6.45, 7) is 13.4. The van der Waals surface area contributed by atoms with Crippen LogP contribution in [-0.2, 0) is 16.2 Å². The van der Waals surface area contributed by atoms with Crippen LogP contribution in [0.5, 0.6) is 0 Å².